The topological polar surface area (TPSA) is 108 Å². The predicted molar refractivity (Wildman–Crippen MR) is 289 cm³/mol. The molecule has 9 heteroatoms. The third kappa shape index (κ3) is 30.2. The van der Waals surface area contributed by atoms with Crippen LogP contribution in [0.25, 0.3) is 11.3 Å². The molecular weight excluding hydrogens is 859 g/mol. The number of nitrogens with zero attached hydrogens (tertiary/aromatic N) is 3. The van der Waals surface area contributed by atoms with E-state index in [4.69, 9.17) is 24.1 Å². The summed E-state index contributed by atoms with van der Waals surface area (Å²) in [7, 11) is 0. The molecular formula is C60H103N3O6. The van der Waals surface area contributed by atoms with E-state index in [1.165, 1.54) is 212 Å². The molecule has 2 aromatic carbocycles. The van der Waals surface area contributed by atoms with Crippen molar-refractivity contribution in [2.75, 3.05) is 33.0 Å². The molecule has 0 saturated heterocycles. The summed E-state index contributed by atoms with van der Waals surface area (Å²) in [5.74, 6) is 2.89. The molecule has 0 bridgehead atoms. The van der Waals surface area contributed by atoms with Gasteiger partial charge in [0.05, 0.1) is 39.2 Å². The number of hydrogen-bond acceptors (Lipinski definition) is 8. The van der Waals surface area contributed by atoms with Gasteiger partial charge in [-0.25, -0.2) is 4.68 Å². The highest BCUT2D eigenvalue weighted by atomic mass is 16.5. The van der Waals surface area contributed by atoms with Gasteiger partial charge in [-0.05, 0) is 61.2 Å². The number of aromatic nitrogens is 3. The summed E-state index contributed by atoms with van der Waals surface area (Å²) in [5.41, 5.74) is 2.70. The van der Waals surface area contributed by atoms with E-state index in [2.05, 4.69) is 43.2 Å². The molecule has 0 fully saturated rings. The first-order chi connectivity index (χ1) is 34.1. The Morgan fingerprint density at radius 1 is 0.464 bits per heavy atom. The minimum absolute atomic E-state index is 0.0331. The first-order valence-electron chi connectivity index (χ1n) is 29.0. The van der Waals surface area contributed by atoms with Gasteiger partial charge in [0.2, 0.25) is 5.75 Å². The molecule has 0 spiro atoms. The van der Waals surface area contributed by atoms with Gasteiger partial charge in [-0.2, -0.15) is 0 Å². The van der Waals surface area contributed by atoms with E-state index in [-0.39, 0.29) is 13.2 Å². The lowest BCUT2D eigenvalue weighted by atomic mass is 10.1. The number of aliphatic hydroxyl groups excluding tert-OH is 2. The molecule has 0 aliphatic heterocycles. The smallest absolute Gasteiger partial charge is 0.203 e. The van der Waals surface area contributed by atoms with Crippen molar-refractivity contribution in [1.29, 1.82) is 0 Å². The van der Waals surface area contributed by atoms with Gasteiger partial charge in [-0.3, -0.25) is 0 Å². The number of unbranched alkanes of at least 4 members (excludes halogenated alkanes) is 33. The highest BCUT2D eigenvalue weighted by molar-refractivity contribution is 5.59. The van der Waals surface area contributed by atoms with Crippen LogP contribution in [0, 0.1) is 0 Å². The Kier molecular flexibility index (Phi) is 36.9. The van der Waals surface area contributed by atoms with Crippen LogP contribution in [0.5, 0.6) is 23.0 Å². The van der Waals surface area contributed by atoms with Crippen LogP contribution < -0.4 is 18.9 Å². The Balaban J connectivity index is 1.65. The number of rotatable bonds is 49. The normalized spacial score (nSPS) is 11.9. The molecule has 3 rings (SSSR count). The van der Waals surface area contributed by atoms with Gasteiger partial charge >= 0.3 is 0 Å². The maximum Gasteiger partial charge on any atom is 0.203 e. The summed E-state index contributed by atoms with van der Waals surface area (Å²) >= 11 is 0. The Hall–Kier alpha value is -3.30. The Labute approximate surface area is 422 Å². The van der Waals surface area contributed by atoms with Crippen LogP contribution in [0.2, 0.25) is 0 Å². The van der Waals surface area contributed by atoms with Crippen LogP contribution >= 0.6 is 0 Å². The van der Waals surface area contributed by atoms with Crippen molar-refractivity contribution < 1.29 is 29.2 Å². The summed E-state index contributed by atoms with van der Waals surface area (Å²) in [6.45, 7) is 9.03. The molecule has 2 N–H and O–H groups in total. The van der Waals surface area contributed by atoms with E-state index in [1.807, 2.05) is 35.1 Å². The van der Waals surface area contributed by atoms with E-state index >= 15 is 0 Å². The van der Waals surface area contributed by atoms with Crippen LogP contribution in [0.1, 0.15) is 257 Å². The molecule has 9 nitrogen and oxygen atoms in total. The third-order valence-corrected chi connectivity index (χ3v) is 13.5. The molecule has 394 valence electrons. The van der Waals surface area contributed by atoms with Gasteiger partial charge in [0.1, 0.15) is 24.2 Å². The largest absolute Gasteiger partial charge is 0.491 e. The molecule has 0 aliphatic rings. The van der Waals surface area contributed by atoms with Gasteiger partial charge < -0.3 is 29.2 Å². The molecule has 69 heavy (non-hydrogen) atoms. The second-order valence-electron chi connectivity index (χ2n) is 20.1. The van der Waals surface area contributed by atoms with E-state index in [1.54, 1.807) is 0 Å². The molecule has 0 aliphatic carbocycles. The lowest BCUT2D eigenvalue weighted by Gasteiger charge is -2.19. The van der Waals surface area contributed by atoms with Crippen LogP contribution in [0.4, 0.5) is 0 Å². The Morgan fingerprint density at radius 2 is 0.826 bits per heavy atom. The maximum absolute atomic E-state index is 9.67. The highest BCUT2D eigenvalue weighted by Crippen LogP contribution is 2.40. The summed E-state index contributed by atoms with van der Waals surface area (Å²) in [4.78, 5) is 0. The van der Waals surface area contributed by atoms with Crippen LogP contribution in [-0.4, -0.2) is 64.3 Å². The zero-order valence-electron chi connectivity index (χ0n) is 44.7. The van der Waals surface area contributed by atoms with Crippen LogP contribution in [-0.2, 0) is 6.54 Å². The van der Waals surface area contributed by atoms with Crippen molar-refractivity contribution in [2.45, 2.75) is 265 Å². The van der Waals surface area contributed by atoms with Crippen LogP contribution in [0.15, 0.2) is 42.6 Å². The molecule has 1 unspecified atom stereocenters. The quantitative estimate of drug-likeness (QED) is 0.0539. The van der Waals surface area contributed by atoms with E-state index < -0.39 is 6.10 Å². The first kappa shape index (κ1) is 60.0. The lowest BCUT2D eigenvalue weighted by Crippen LogP contribution is -2.21. The second kappa shape index (κ2) is 42.4. The van der Waals surface area contributed by atoms with Crippen molar-refractivity contribution in [3.05, 3.63) is 48.2 Å². The van der Waals surface area contributed by atoms with Gasteiger partial charge in [-0.15, -0.1) is 5.10 Å². The van der Waals surface area contributed by atoms with Gasteiger partial charge in [0.25, 0.3) is 0 Å². The first-order valence-corrected chi connectivity index (χ1v) is 29.0. The summed E-state index contributed by atoms with van der Waals surface area (Å²) in [5, 5.41) is 27.8. The molecule has 0 saturated carbocycles. The van der Waals surface area contributed by atoms with Crippen LogP contribution in [0.3, 0.4) is 0 Å². The van der Waals surface area contributed by atoms with E-state index in [0.29, 0.717) is 32.1 Å². The molecule has 1 atom stereocenters. The van der Waals surface area contributed by atoms with Crippen molar-refractivity contribution in [3.8, 4) is 34.3 Å². The molecule has 0 amide bonds. The van der Waals surface area contributed by atoms with E-state index in [0.717, 1.165) is 53.3 Å². The SMILES string of the molecule is CCCCCCCCCCCCCCOc1cc(Cn2cc(-c3ccc(OCC(O)CO)cc3)nn2)cc(OCCCCCCCCCCCCCC)c1OCCCCCCCCCCCCCC. The van der Waals surface area contributed by atoms with Gasteiger partial charge in [0, 0.05) is 5.56 Å². The Bertz CT molecular complexity index is 1550. The van der Waals surface area contributed by atoms with Crippen molar-refractivity contribution in [3.63, 3.8) is 0 Å². The monoisotopic (exact) mass is 962 g/mol. The fraction of sp³-hybridized carbons (Fsp3) is 0.767. The standard InChI is InChI=1S/C60H103N3O6/c1-4-7-10-13-16-19-22-25-28-31-34-37-44-66-58-47-53(49-63-50-57(61-62-63)54-40-42-56(43-41-54)69-52-55(65)51-64)48-59(67-45-38-35-32-29-26-23-20-17-14-11-8-5-2)60(58)68-46-39-36-33-30-27-24-21-18-15-12-9-6-3/h40-43,47-48,50,55,64-65H,4-39,44-46,49,51-52H2,1-3H3. The van der Waals surface area contributed by atoms with Crippen molar-refractivity contribution in [2.24, 2.45) is 0 Å². The minimum Gasteiger partial charge on any atom is -0.491 e. The second-order valence-corrected chi connectivity index (χ2v) is 20.1. The zero-order chi connectivity index (χ0) is 49.1. The predicted octanol–water partition coefficient (Wildman–Crippen LogP) is 17.0. The number of aliphatic hydroxyl groups is 2. The average Bonchev–Trinajstić information content (AvgIpc) is 3.84. The fourth-order valence-corrected chi connectivity index (χ4v) is 9.11. The molecule has 1 aromatic heterocycles. The van der Waals surface area contributed by atoms with Crippen molar-refractivity contribution in [1.82, 2.24) is 15.0 Å². The van der Waals surface area contributed by atoms with Gasteiger partial charge in [0.15, 0.2) is 11.5 Å². The summed E-state index contributed by atoms with van der Waals surface area (Å²) in [6, 6.07) is 11.8. The number of benzene rings is 2. The minimum atomic E-state index is -0.912. The van der Waals surface area contributed by atoms with Gasteiger partial charge in [-0.1, -0.05) is 238 Å². The molecule has 3 aromatic rings. The highest BCUT2D eigenvalue weighted by Gasteiger charge is 2.18. The van der Waals surface area contributed by atoms with Crippen molar-refractivity contribution >= 4 is 0 Å². The number of hydrogen-bond donors (Lipinski definition) is 2. The summed E-state index contributed by atoms with van der Waals surface area (Å²) in [6.07, 6.45) is 48.3. The molecule has 1 heterocycles. The Morgan fingerprint density at radius 3 is 1.20 bits per heavy atom. The number of ether oxygens (including phenoxy) is 4. The summed E-state index contributed by atoms with van der Waals surface area (Å²) < 4.78 is 27.5. The average molecular weight is 962 g/mol. The third-order valence-electron chi connectivity index (χ3n) is 13.5. The molecule has 0 radical (unpaired) electrons. The van der Waals surface area contributed by atoms with E-state index in [9.17, 15) is 5.11 Å². The maximum atomic E-state index is 9.67. The zero-order valence-corrected chi connectivity index (χ0v) is 44.7. The lowest BCUT2D eigenvalue weighted by molar-refractivity contribution is 0.0536. The fourth-order valence-electron chi connectivity index (χ4n) is 9.11.